The first-order chi connectivity index (χ1) is 8.99. The monoisotopic (exact) mass is 264 g/mol. The van der Waals surface area contributed by atoms with Crippen molar-refractivity contribution in [1.82, 2.24) is 4.90 Å². The lowest BCUT2D eigenvalue weighted by Crippen LogP contribution is -2.38. The fourth-order valence-electron chi connectivity index (χ4n) is 1.65. The zero-order valence-corrected chi connectivity index (χ0v) is 11.5. The lowest BCUT2D eigenvalue weighted by Gasteiger charge is -2.21. The van der Waals surface area contributed by atoms with Crippen molar-refractivity contribution in [2.45, 2.75) is 6.92 Å². The van der Waals surface area contributed by atoms with Gasteiger partial charge in [-0.05, 0) is 25.1 Å². The summed E-state index contributed by atoms with van der Waals surface area (Å²) in [5, 5.41) is 11.5. The van der Waals surface area contributed by atoms with Crippen LogP contribution in [-0.4, -0.2) is 49.0 Å². The van der Waals surface area contributed by atoms with Gasteiger partial charge in [0.15, 0.2) is 5.84 Å². The van der Waals surface area contributed by atoms with Gasteiger partial charge in [0.25, 0.3) is 5.91 Å². The number of oxime groups is 1. The average molecular weight is 264 g/mol. The van der Waals surface area contributed by atoms with Gasteiger partial charge in [-0.15, -0.1) is 0 Å². The number of likely N-dealkylation sites (N-methyl/N-ethyl adjacent to an activating group) is 1. The molecule has 0 spiro atoms. The van der Waals surface area contributed by atoms with Gasteiger partial charge >= 0.3 is 0 Å². The molecule has 0 aromatic heterocycles. The molecule has 0 radical (unpaired) electrons. The van der Waals surface area contributed by atoms with E-state index in [1.807, 2.05) is 44.1 Å². The molecular weight excluding hydrogens is 244 g/mol. The molecule has 0 heterocycles. The van der Waals surface area contributed by atoms with Crippen molar-refractivity contribution in [1.29, 1.82) is 0 Å². The van der Waals surface area contributed by atoms with Crippen molar-refractivity contribution < 1.29 is 10.0 Å². The number of benzene rings is 1. The van der Waals surface area contributed by atoms with Crippen molar-refractivity contribution in [3.8, 4) is 0 Å². The molecule has 3 N–H and O–H groups in total. The SMILES string of the molecule is CCN(CC(N)=NO)C(=O)c1cccc(N(C)C)c1. The molecule has 0 saturated heterocycles. The molecule has 1 amide bonds. The lowest BCUT2D eigenvalue weighted by atomic mass is 10.1. The lowest BCUT2D eigenvalue weighted by molar-refractivity contribution is 0.0786. The van der Waals surface area contributed by atoms with E-state index in [9.17, 15) is 4.79 Å². The average Bonchev–Trinajstić information content (AvgIpc) is 2.43. The highest BCUT2D eigenvalue weighted by atomic mass is 16.4. The third kappa shape index (κ3) is 3.87. The van der Waals surface area contributed by atoms with Gasteiger partial charge in [-0.1, -0.05) is 11.2 Å². The van der Waals surface area contributed by atoms with E-state index in [0.717, 1.165) is 5.69 Å². The summed E-state index contributed by atoms with van der Waals surface area (Å²) in [5.74, 6) is -0.128. The Morgan fingerprint density at radius 2 is 2.11 bits per heavy atom. The number of nitrogens with zero attached hydrogens (tertiary/aromatic N) is 3. The Morgan fingerprint density at radius 3 is 2.63 bits per heavy atom. The van der Waals surface area contributed by atoms with Gasteiger partial charge in [0.2, 0.25) is 0 Å². The Hall–Kier alpha value is -2.24. The molecule has 1 rings (SSSR count). The molecule has 0 aliphatic carbocycles. The number of anilines is 1. The maximum Gasteiger partial charge on any atom is 0.254 e. The first-order valence-corrected chi connectivity index (χ1v) is 6.02. The Kier molecular flexibility index (Phi) is 5.17. The van der Waals surface area contributed by atoms with Crippen molar-refractivity contribution in [2.75, 3.05) is 32.1 Å². The van der Waals surface area contributed by atoms with Crippen molar-refractivity contribution in [3.05, 3.63) is 29.8 Å². The molecule has 0 saturated carbocycles. The molecule has 0 bridgehead atoms. The van der Waals surface area contributed by atoms with E-state index in [0.29, 0.717) is 12.1 Å². The van der Waals surface area contributed by atoms with E-state index in [1.54, 1.807) is 6.07 Å². The van der Waals surface area contributed by atoms with Gasteiger partial charge in [-0.25, -0.2) is 0 Å². The van der Waals surface area contributed by atoms with Gasteiger partial charge in [-0.3, -0.25) is 4.79 Å². The Labute approximate surface area is 113 Å². The Bertz CT molecular complexity index is 471. The molecule has 0 unspecified atom stereocenters. The summed E-state index contributed by atoms with van der Waals surface area (Å²) in [6, 6.07) is 7.33. The fourth-order valence-corrected chi connectivity index (χ4v) is 1.65. The first kappa shape index (κ1) is 14.8. The maximum atomic E-state index is 12.3. The zero-order valence-electron chi connectivity index (χ0n) is 11.5. The van der Waals surface area contributed by atoms with Gasteiger partial charge in [0.1, 0.15) is 0 Å². The first-order valence-electron chi connectivity index (χ1n) is 6.02. The Balaban J connectivity index is 2.94. The van der Waals surface area contributed by atoms with Crippen LogP contribution < -0.4 is 10.6 Å². The number of amides is 1. The van der Waals surface area contributed by atoms with E-state index in [2.05, 4.69) is 5.16 Å². The second-order valence-corrected chi connectivity index (χ2v) is 4.36. The minimum atomic E-state index is -0.141. The highest BCUT2D eigenvalue weighted by molar-refractivity contribution is 5.97. The smallest absolute Gasteiger partial charge is 0.254 e. The molecule has 0 fully saturated rings. The van der Waals surface area contributed by atoms with E-state index in [1.165, 1.54) is 4.90 Å². The van der Waals surface area contributed by atoms with Crippen LogP contribution in [0.3, 0.4) is 0 Å². The van der Waals surface area contributed by atoms with Gasteiger partial charge in [0, 0.05) is 31.9 Å². The molecule has 0 atom stereocenters. The van der Waals surface area contributed by atoms with Crippen LogP contribution in [-0.2, 0) is 0 Å². The highest BCUT2D eigenvalue weighted by Gasteiger charge is 2.16. The van der Waals surface area contributed by atoms with Crippen molar-refractivity contribution >= 4 is 17.4 Å². The maximum absolute atomic E-state index is 12.3. The number of rotatable bonds is 5. The van der Waals surface area contributed by atoms with Gasteiger partial charge < -0.3 is 20.7 Å². The van der Waals surface area contributed by atoms with Gasteiger partial charge in [-0.2, -0.15) is 0 Å². The van der Waals surface area contributed by atoms with Crippen LogP contribution >= 0.6 is 0 Å². The van der Waals surface area contributed by atoms with Gasteiger partial charge in [0.05, 0.1) is 6.54 Å². The molecule has 0 aliphatic rings. The summed E-state index contributed by atoms with van der Waals surface area (Å²) >= 11 is 0. The summed E-state index contributed by atoms with van der Waals surface area (Å²) in [6.45, 7) is 2.44. The third-order valence-corrected chi connectivity index (χ3v) is 2.76. The topological polar surface area (TPSA) is 82.2 Å². The molecule has 6 heteroatoms. The van der Waals surface area contributed by atoms with Crippen LogP contribution in [0, 0.1) is 0 Å². The number of amidine groups is 1. The van der Waals surface area contributed by atoms with Crippen LogP contribution in [0.5, 0.6) is 0 Å². The van der Waals surface area contributed by atoms with Crippen LogP contribution in [0.25, 0.3) is 0 Å². The third-order valence-electron chi connectivity index (χ3n) is 2.76. The molecule has 19 heavy (non-hydrogen) atoms. The summed E-state index contributed by atoms with van der Waals surface area (Å²) in [7, 11) is 3.83. The Morgan fingerprint density at radius 1 is 1.42 bits per heavy atom. The van der Waals surface area contributed by atoms with Crippen LogP contribution in [0.1, 0.15) is 17.3 Å². The van der Waals surface area contributed by atoms with Crippen LogP contribution in [0.4, 0.5) is 5.69 Å². The predicted molar refractivity (Wildman–Crippen MR) is 75.8 cm³/mol. The largest absolute Gasteiger partial charge is 0.409 e. The zero-order chi connectivity index (χ0) is 14.4. The number of hydrogen-bond donors (Lipinski definition) is 2. The molecule has 0 aliphatic heterocycles. The predicted octanol–water partition coefficient (Wildman–Crippen LogP) is 0.961. The minimum Gasteiger partial charge on any atom is -0.409 e. The highest BCUT2D eigenvalue weighted by Crippen LogP contribution is 2.15. The summed E-state index contributed by atoms with van der Waals surface area (Å²) < 4.78 is 0. The van der Waals surface area contributed by atoms with Crippen molar-refractivity contribution in [2.24, 2.45) is 10.9 Å². The standard InChI is InChI=1S/C13H20N4O2/c1-4-17(9-12(14)15-19)13(18)10-6-5-7-11(8-10)16(2)3/h5-8,19H,4,9H2,1-3H3,(H2,14,15). The molecule has 104 valence electrons. The summed E-state index contributed by atoms with van der Waals surface area (Å²) in [4.78, 5) is 15.8. The van der Waals surface area contributed by atoms with Crippen LogP contribution in [0.15, 0.2) is 29.4 Å². The van der Waals surface area contributed by atoms with Crippen LogP contribution in [0.2, 0.25) is 0 Å². The second kappa shape index (κ2) is 6.63. The molecule has 1 aromatic carbocycles. The summed E-state index contributed by atoms with van der Waals surface area (Å²) in [5.41, 5.74) is 6.97. The second-order valence-electron chi connectivity index (χ2n) is 4.36. The number of nitrogens with two attached hydrogens (primary N) is 1. The number of carbonyl (C=O) groups is 1. The summed E-state index contributed by atoms with van der Waals surface area (Å²) in [6.07, 6.45) is 0. The van der Waals surface area contributed by atoms with E-state index in [4.69, 9.17) is 10.9 Å². The molecular formula is C13H20N4O2. The normalized spacial score (nSPS) is 11.2. The molecule has 1 aromatic rings. The van der Waals surface area contributed by atoms with E-state index >= 15 is 0 Å². The number of hydrogen-bond acceptors (Lipinski definition) is 4. The van der Waals surface area contributed by atoms with E-state index in [-0.39, 0.29) is 18.3 Å². The quantitative estimate of drug-likeness (QED) is 0.359. The molecule has 6 nitrogen and oxygen atoms in total. The van der Waals surface area contributed by atoms with Crippen molar-refractivity contribution in [3.63, 3.8) is 0 Å². The van der Waals surface area contributed by atoms with E-state index < -0.39 is 0 Å². The fraction of sp³-hybridized carbons (Fsp3) is 0.385. The minimum absolute atomic E-state index is 0.0129. The number of carbonyl (C=O) groups excluding carboxylic acids is 1.